The number of carbonyl (C=O) groups excluding carboxylic acids is 1. The van der Waals surface area contributed by atoms with Gasteiger partial charge in [0.1, 0.15) is 11.6 Å². The molecule has 2 aromatic carbocycles. The highest BCUT2D eigenvalue weighted by Gasteiger charge is 2.17. The lowest BCUT2D eigenvalue weighted by Crippen LogP contribution is -2.32. The second-order valence-corrected chi connectivity index (χ2v) is 7.54. The zero-order valence-electron chi connectivity index (χ0n) is 17.5. The van der Waals surface area contributed by atoms with E-state index in [1.807, 2.05) is 39.0 Å². The van der Waals surface area contributed by atoms with Gasteiger partial charge in [-0.2, -0.15) is 5.26 Å². The summed E-state index contributed by atoms with van der Waals surface area (Å²) in [5.74, 6) is -0.322. The predicted molar refractivity (Wildman–Crippen MR) is 118 cm³/mol. The summed E-state index contributed by atoms with van der Waals surface area (Å²) in [6, 6.07) is 18.7. The number of carbonyl (C=O) groups is 1. The van der Waals surface area contributed by atoms with Crippen molar-refractivity contribution in [2.24, 2.45) is 0 Å². The summed E-state index contributed by atoms with van der Waals surface area (Å²) >= 11 is 0. The van der Waals surface area contributed by atoms with Crippen molar-refractivity contribution in [3.63, 3.8) is 0 Å². The van der Waals surface area contributed by atoms with E-state index in [2.05, 4.69) is 53.2 Å². The first-order valence-corrected chi connectivity index (χ1v) is 10.0. The first-order chi connectivity index (χ1) is 13.9. The van der Waals surface area contributed by atoms with E-state index < -0.39 is 0 Å². The molecule has 1 aromatic heterocycles. The average molecular weight is 386 g/mol. The number of para-hydroxylation sites is 1. The van der Waals surface area contributed by atoms with E-state index in [4.69, 9.17) is 0 Å². The van der Waals surface area contributed by atoms with Crippen LogP contribution in [0.2, 0.25) is 0 Å². The Morgan fingerprint density at radius 3 is 2.66 bits per heavy atom. The van der Waals surface area contributed by atoms with Crippen molar-refractivity contribution >= 4 is 22.9 Å². The smallest absolute Gasteiger partial charge is 0.262 e. The monoisotopic (exact) mass is 385 g/mol. The average Bonchev–Trinajstić information content (AvgIpc) is 2.97. The summed E-state index contributed by atoms with van der Waals surface area (Å²) < 4.78 is 2.25. The fraction of sp³-hybridized carbons (Fsp3) is 0.280. The molecule has 4 nitrogen and oxygen atoms in total. The van der Waals surface area contributed by atoms with Gasteiger partial charge < -0.3 is 9.88 Å². The third-order valence-electron chi connectivity index (χ3n) is 5.35. The third kappa shape index (κ3) is 4.41. The molecule has 0 aliphatic carbocycles. The molecule has 0 unspecified atom stereocenters. The Balaban J connectivity index is 2.08. The van der Waals surface area contributed by atoms with Crippen LogP contribution in [0.4, 0.5) is 0 Å². The highest BCUT2D eigenvalue weighted by atomic mass is 16.1. The minimum Gasteiger partial charge on any atom is -0.349 e. The summed E-state index contributed by atoms with van der Waals surface area (Å²) in [6.45, 7) is 8.81. The largest absolute Gasteiger partial charge is 0.349 e. The highest BCUT2D eigenvalue weighted by molar-refractivity contribution is 6.04. The quantitative estimate of drug-likeness (QED) is 0.472. The van der Waals surface area contributed by atoms with Gasteiger partial charge in [0.15, 0.2) is 0 Å². The minimum atomic E-state index is -0.322. The first-order valence-electron chi connectivity index (χ1n) is 10.0. The SMILES string of the molecule is CC[C@@H](C)NC(=O)/C(C#N)=C/c1c(C)n(Cc2cccc(C)c2)c2ccccc12. The number of fused-ring (bicyclic) bond motifs is 1. The second-order valence-electron chi connectivity index (χ2n) is 7.54. The Labute approximate surface area is 172 Å². The van der Waals surface area contributed by atoms with Gasteiger partial charge in [0.25, 0.3) is 5.91 Å². The molecular weight excluding hydrogens is 358 g/mol. The number of benzene rings is 2. The van der Waals surface area contributed by atoms with Crippen molar-refractivity contribution < 1.29 is 4.79 Å². The molecule has 4 heteroatoms. The lowest BCUT2D eigenvalue weighted by atomic mass is 10.1. The van der Waals surface area contributed by atoms with Gasteiger partial charge in [0, 0.05) is 34.7 Å². The van der Waals surface area contributed by atoms with E-state index in [1.165, 1.54) is 11.1 Å². The van der Waals surface area contributed by atoms with E-state index >= 15 is 0 Å². The molecule has 1 amide bonds. The number of aromatic nitrogens is 1. The van der Waals surface area contributed by atoms with Crippen molar-refractivity contribution in [2.45, 2.75) is 46.7 Å². The van der Waals surface area contributed by atoms with Gasteiger partial charge in [0.2, 0.25) is 0 Å². The van der Waals surface area contributed by atoms with Crippen LogP contribution in [0.1, 0.15) is 42.7 Å². The molecule has 1 heterocycles. The van der Waals surface area contributed by atoms with Gasteiger partial charge >= 0.3 is 0 Å². The van der Waals surface area contributed by atoms with Gasteiger partial charge in [0.05, 0.1) is 0 Å². The van der Waals surface area contributed by atoms with Crippen LogP contribution in [0.5, 0.6) is 0 Å². The number of hydrogen-bond acceptors (Lipinski definition) is 2. The molecule has 1 atom stereocenters. The van der Waals surface area contributed by atoms with E-state index in [1.54, 1.807) is 6.08 Å². The van der Waals surface area contributed by atoms with Gasteiger partial charge in [-0.05, 0) is 44.9 Å². The topological polar surface area (TPSA) is 57.8 Å². The molecule has 1 N–H and O–H groups in total. The molecule has 0 aliphatic rings. The molecule has 0 aliphatic heterocycles. The molecule has 0 fully saturated rings. The van der Waals surface area contributed by atoms with Gasteiger partial charge in [-0.3, -0.25) is 4.79 Å². The number of aryl methyl sites for hydroxylation is 1. The van der Waals surface area contributed by atoms with Crippen LogP contribution in [0, 0.1) is 25.2 Å². The Bertz CT molecular complexity index is 1110. The first kappa shape index (κ1) is 20.4. The number of rotatable bonds is 6. The zero-order valence-corrected chi connectivity index (χ0v) is 17.5. The molecule has 29 heavy (non-hydrogen) atoms. The molecule has 0 saturated carbocycles. The van der Waals surface area contributed by atoms with Crippen LogP contribution >= 0.6 is 0 Å². The molecule has 3 aromatic rings. The van der Waals surface area contributed by atoms with Gasteiger partial charge in [-0.25, -0.2) is 0 Å². The van der Waals surface area contributed by atoms with Crippen molar-refractivity contribution in [3.05, 3.63) is 76.5 Å². The molecule has 0 bridgehead atoms. The zero-order chi connectivity index (χ0) is 21.0. The molecular formula is C25H27N3O. The number of hydrogen-bond donors (Lipinski definition) is 1. The maximum atomic E-state index is 12.5. The Morgan fingerprint density at radius 2 is 1.97 bits per heavy atom. The van der Waals surface area contributed by atoms with E-state index in [-0.39, 0.29) is 17.5 Å². The van der Waals surface area contributed by atoms with Crippen LogP contribution in [-0.2, 0) is 11.3 Å². The van der Waals surface area contributed by atoms with Gasteiger partial charge in [-0.1, -0.05) is 55.0 Å². The van der Waals surface area contributed by atoms with Crippen LogP contribution in [0.15, 0.2) is 54.1 Å². The summed E-state index contributed by atoms with van der Waals surface area (Å²) in [5, 5.41) is 13.5. The fourth-order valence-corrected chi connectivity index (χ4v) is 3.53. The maximum Gasteiger partial charge on any atom is 0.262 e. The van der Waals surface area contributed by atoms with Crippen molar-refractivity contribution in [2.75, 3.05) is 0 Å². The summed E-state index contributed by atoms with van der Waals surface area (Å²) in [4.78, 5) is 12.5. The van der Waals surface area contributed by atoms with Crippen LogP contribution < -0.4 is 5.32 Å². The van der Waals surface area contributed by atoms with Crippen molar-refractivity contribution in [1.29, 1.82) is 5.26 Å². The molecule has 0 spiro atoms. The number of nitrogens with one attached hydrogen (secondary N) is 1. The van der Waals surface area contributed by atoms with Crippen LogP contribution in [0.25, 0.3) is 17.0 Å². The standard InChI is InChI=1S/C25H27N3O/c1-5-18(3)27-25(29)21(15-26)14-23-19(4)28(24-12-7-6-11-22(23)24)16-20-10-8-9-17(2)13-20/h6-14,18H,5,16H2,1-4H3,(H,27,29)/b21-14+/t18-/m1/s1. The number of nitrogens with zero attached hydrogens (tertiary/aromatic N) is 2. The van der Waals surface area contributed by atoms with E-state index in [0.29, 0.717) is 0 Å². The Morgan fingerprint density at radius 1 is 1.21 bits per heavy atom. The minimum absolute atomic E-state index is 0.0306. The van der Waals surface area contributed by atoms with Crippen molar-refractivity contribution in [3.8, 4) is 6.07 Å². The predicted octanol–water partition coefficient (Wildman–Crippen LogP) is 5.13. The lowest BCUT2D eigenvalue weighted by molar-refractivity contribution is -0.117. The lowest BCUT2D eigenvalue weighted by Gasteiger charge is -2.11. The summed E-state index contributed by atoms with van der Waals surface area (Å²) in [7, 11) is 0. The van der Waals surface area contributed by atoms with Gasteiger partial charge in [-0.15, -0.1) is 0 Å². The van der Waals surface area contributed by atoms with Crippen LogP contribution in [-0.4, -0.2) is 16.5 Å². The third-order valence-corrected chi connectivity index (χ3v) is 5.35. The summed E-state index contributed by atoms with van der Waals surface area (Å²) in [5.41, 5.74) is 5.63. The second kappa shape index (κ2) is 8.79. The molecule has 148 valence electrons. The van der Waals surface area contributed by atoms with Crippen molar-refractivity contribution in [1.82, 2.24) is 9.88 Å². The molecule has 0 saturated heterocycles. The Hall–Kier alpha value is -3.32. The fourth-order valence-electron chi connectivity index (χ4n) is 3.53. The van der Waals surface area contributed by atoms with E-state index in [9.17, 15) is 10.1 Å². The van der Waals surface area contributed by atoms with E-state index in [0.717, 1.165) is 35.1 Å². The Kier molecular flexibility index (Phi) is 6.19. The van der Waals surface area contributed by atoms with Crippen LogP contribution in [0.3, 0.4) is 0 Å². The highest BCUT2D eigenvalue weighted by Crippen LogP contribution is 2.29. The molecule has 3 rings (SSSR count). The maximum absolute atomic E-state index is 12.5. The number of nitriles is 1. The number of amides is 1. The normalized spacial score (nSPS) is 12.6. The molecule has 0 radical (unpaired) electrons. The summed E-state index contributed by atoms with van der Waals surface area (Å²) in [6.07, 6.45) is 2.54.